The van der Waals surface area contributed by atoms with E-state index in [2.05, 4.69) is 10.1 Å². The average molecular weight is 345 g/mol. The molecular formula is C13H13F6NO3. The minimum absolute atomic E-state index is 0.0818. The molecule has 23 heavy (non-hydrogen) atoms. The molecule has 2 atom stereocenters. The minimum Gasteiger partial charge on any atom is -0.480 e. The first-order valence-electron chi connectivity index (χ1n) is 6.26. The number of ether oxygens (including phenoxy) is 1. The fraction of sp³-hybridized carbons (Fsp3) is 0.462. The topological polar surface area (TPSA) is 58.6 Å². The van der Waals surface area contributed by atoms with Gasteiger partial charge in [-0.25, -0.2) is 4.39 Å². The fourth-order valence-corrected chi connectivity index (χ4v) is 1.43. The van der Waals surface area contributed by atoms with E-state index in [1.54, 1.807) is 0 Å². The summed E-state index contributed by atoms with van der Waals surface area (Å²) < 4.78 is 78.4. The molecule has 2 N–H and O–H groups in total. The Hall–Kier alpha value is -1.97. The normalized spacial score (nSPS) is 15.1. The Morgan fingerprint density at radius 3 is 2.17 bits per heavy atom. The van der Waals surface area contributed by atoms with Gasteiger partial charge in [0.1, 0.15) is 11.8 Å². The Morgan fingerprint density at radius 1 is 1.22 bits per heavy atom. The smallest absolute Gasteiger partial charge is 0.439 e. The van der Waals surface area contributed by atoms with Gasteiger partial charge < -0.3 is 15.2 Å². The molecule has 0 aliphatic rings. The number of carboxylic acid groups (broad SMARTS) is 1. The molecule has 0 saturated carbocycles. The van der Waals surface area contributed by atoms with E-state index in [0.717, 1.165) is 12.1 Å². The molecule has 1 unspecified atom stereocenters. The Morgan fingerprint density at radius 2 is 1.74 bits per heavy atom. The molecule has 0 saturated heterocycles. The third kappa shape index (κ3) is 5.62. The standard InChI is InChI=1S/C13H13F6NO3/c1-7(10(21)22)20-6-8-2-4-9(5-3-8)23-13(18,19)11(14)12(15,16)17/h2-5,7,11,20H,6H2,1H3,(H,21,22)/t7-,11?/m0/s1. The van der Waals surface area contributed by atoms with E-state index in [0.29, 0.717) is 5.56 Å². The highest BCUT2D eigenvalue weighted by molar-refractivity contribution is 5.72. The van der Waals surface area contributed by atoms with Crippen molar-refractivity contribution in [2.75, 3.05) is 0 Å². The quantitative estimate of drug-likeness (QED) is 0.746. The van der Waals surface area contributed by atoms with Gasteiger partial charge in [0.25, 0.3) is 6.17 Å². The van der Waals surface area contributed by atoms with Gasteiger partial charge in [-0.15, -0.1) is 0 Å². The molecule has 1 aromatic rings. The number of hydrogen-bond acceptors (Lipinski definition) is 3. The van der Waals surface area contributed by atoms with Crippen LogP contribution in [0.4, 0.5) is 26.3 Å². The van der Waals surface area contributed by atoms with Crippen LogP contribution in [0.2, 0.25) is 0 Å². The van der Waals surface area contributed by atoms with E-state index < -0.39 is 36.2 Å². The predicted molar refractivity (Wildman–Crippen MR) is 66.9 cm³/mol. The molecule has 1 rings (SSSR count). The zero-order valence-electron chi connectivity index (χ0n) is 11.7. The molecule has 0 aliphatic heterocycles. The molecule has 10 heteroatoms. The lowest BCUT2D eigenvalue weighted by Crippen LogP contribution is -2.45. The molecule has 130 valence electrons. The SMILES string of the molecule is C[C@H](NCc1ccc(OC(F)(F)C(F)C(F)(F)F)cc1)C(=O)O. The number of hydrogen-bond donors (Lipinski definition) is 2. The lowest BCUT2D eigenvalue weighted by atomic mass is 10.2. The summed E-state index contributed by atoms with van der Waals surface area (Å²) in [5.41, 5.74) is 0.474. The average Bonchev–Trinajstić information content (AvgIpc) is 2.43. The maximum atomic E-state index is 13.0. The van der Waals surface area contributed by atoms with Gasteiger partial charge >= 0.3 is 18.3 Å². The molecule has 0 radical (unpaired) electrons. The highest BCUT2D eigenvalue weighted by Crippen LogP contribution is 2.36. The van der Waals surface area contributed by atoms with Crippen LogP contribution in [0.15, 0.2) is 24.3 Å². The highest BCUT2D eigenvalue weighted by Gasteiger charge is 2.59. The zero-order chi connectivity index (χ0) is 17.8. The summed E-state index contributed by atoms with van der Waals surface area (Å²) in [6.07, 6.45) is -15.3. The van der Waals surface area contributed by atoms with Crippen LogP contribution < -0.4 is 10.1 Å². The summed E-state index contributed by atoms with van der Waals surface area (Å²) in [5.74, 6) is -1.75. The largest absolute Gasteiger partial charge is 0.480 e. The molecule has 0 heterocycles. The monoisotopic (exact) mass is 345 g/mol. The van der Waals surface area contributed by atoms with E-state index in [9.17, 15) is 31.1 Å². The van der Waals surface area contributed by atoms with Crippen molar-refractivity contribution in [2.24, 2.45) is 0 Å². The number of alkyl halides is 6. The van der Waals surface area contributed by atoms with Crippen molar-refractivity contribution in [2.45, 2.75) is 38.0 Å². The van der Waals surface area contributed by atoms with Crippen molar-refractivity contribution in [3.05, 3.63) is 29.8 Å². The van der Waals surface area contributed by atoms with Crippen LogP contribution >= 0.6 is 0 Å². The van der Waals surface area contributed by atoms with Crippen molar-refractivity contribution < 1.29 is 41.0 Å². The summed E-state index contributed by atoms with van der Waals surface area (Å²) in [4.78, 5) is 10.6. The summed E-state index contributed by atoms with van der Waals surface area (Å²) in [5, 5.41) is 11.3. The van der Waals surface area contributed by atoms with Crippen LogP contribution in [0.1, 0.15) is 12.5 Å². The van der Waals surface area contributed by atoms with Crippen LogP contribution in [0.25, 0.3) is 0 Å². The third-order valence-electron chi connectivity index (χ3n) is 2.74. The molecular weight excluding hydrogens is 332 g/mol. The minimum atomic E-state index is -5.75. The van der Waals surface area contributed by atoms with Crippen LogP contribution in [-0.4, -0.2) is 35.6 Å². The molecule has 0 spiro atoms. The fourth-order valence-electron chi connectivity index (χ4n) is 1.43. The summed E-state index contributed by atoms with van der Waals surface area (Å²) >= 11 is 0. The van der Waals surface area contributed by atoms with E-state index >= 15 is 0 Å². The Labute approximate surface area is 127 Å². The lowest BCUT2D eigenvalue weighted by Gasteiger charge is -2.23. The first-order valence-corrected chi connectivity index (χ1v) is 6.26. The van der Waals surface area contributed by atoms with Gasteiger partial charge in [0.2, 0.25) is 0 Å². The maximum absolute atomic E-state index is 13.0. The zero-order valence-corrected chi connectivity index (χ0v) is 11.7. The van der Waals surface area contributed by atoms with Crippen LogP contribution in [0.3, 0.4) is 0 Å². The van der Waals surface area contributed by atoms with Crippen LogP contribution in [0, 0.1) is 0 Å². The molecule has 0 bridgehead atoms. The van der Waals surface area contributed by atoms with Crippen molar-refractivity contribution in [3.63, 3.8) is 0 Å². The second kappa shape index (κ2) is 7.07. The number of nitrogens with one attached hydrogen (secondary N) is 1. The molecule has 0 aromatic heterocycles. The van der Waals surface area contributed by atoms with E-state index in [-0.39, 0.29) is 6.54 Å². The predicted octanol–water partition coefficient (Wildman–Crippen LogP) is 3.12. The van der Waals surface area contributed by atoms with Crippen LogP contribution in [-0.2, 0) is 11.3 Å². The number of rotatable bonds is 7. The van der Waals surface area contributed by atoms with Gasteiger partial charge in [-0.3, -0.25) is 4.79 Å². The van der Waals surface area contributed by atoms with Gasteiger partial charge in [-0.05, 0) is 24.6 Å². The van der Waals surface area contributed by atoms with E-state index in [4.69, 9.17) is 5.11 Å². The van der Waals surface area contributed by atoms with Crippen molar-refractivity contribution in [1.82, 2.24) is 5.32 Å². The molecule has 0 fully saturated rings. The summed E-state index contributed by atoms with van der Waals surface area (Å²) in [6.45, 7) is 1.47. The van der Waals surface area contributed by atoms with Crippen LogP contribution in [0.5, 0.6) is 5.75 Å². The number of benzene rings is 1. The highest BCUT2D eigenvalue weighted by atomic mass is 19.4. The lowest BCUT2D eigenvalue weighted by molar-refractivity contribution is -0.304. The van der Waals surface area contributed by atoms with E-state index in [1.165, 1.54) is 19.1 Å². The molecule has 4 nitrogen and oxygen atoms in total. The van der Waals surface area contributed by atoms with Crippen molar-refractivity contribution >= 4 is 5.97 Å². The molecule has 0 amide bonds. The second-order valence-corrected chi connectivity index (χ2v) is 4.65. The number of carbonyl (C=O) groups is 1. The summed E-state index contributed by atoms with van der Waals surface area (Å²) in [7, 11) is 0. The number of halogens is 6. The van der Waals surface area contributed by atoms with Gasteiger partial charge in [0.15, 0.2) is 0 Å². The third-order valence-corrected chi connectivity index (χ3v) is 2.74. The Kier molecular flexibility index (Phi) is 5.86. The maximum Gasteiger partial charge on any atom is 0.439 e. The number of carboxylic acids is 1. The number of aliphatic carboxylic acids is 1. The summed E-state index contributed by atoms with van der Waals surface area (Å²) in [6, 6.07) is 3.47. The van der Waals surface area contributed by atoms with Gasteiger partial charge in [-0.2, -0.15) is 22.0 Å². The Balaban J connectivity index is 2.68. The second-order valence-electron chi connectivity index (χ2n) is 4.65. The van der Waals surface area contributed by atoms with Crippen molar-refractivity contribution in [1.29, 1.82) is 0 Å². The van der Waals surface area contributed by atoms with Gasteiger partial charge in [-0.1, -0.05) is 12.1 Å². The Bertz CT molecular complexity index is 532. The van der Waals surface area contributed by atoms with Gasteiger partial charge in [0.05, 0.1) is 0 Å². The van der Waals surface area contributed by atoms with E-state index in [1.807, 2.05) is 0 Å². The first kappa shape index (κ1) is 19.1. The van der Waals surface area contributed by atoms with Gasteiger partial charge in [0, 0.05) is 6.54 Å². The molecule has 0 aliphatic carbocycles. The van der Waals surface area contributed by atoms with Crippen molar-refractivity contribution in [3.8, 4) is 5.75 Å². The molecule has 1 aromatic carbocycles. The first-order chi connectivity index (χ1) is 10.4.